The number of nitrogens with zero attached hydrogens (tertiary/aromatic N) is 5. The van der Waals surface area contributed by atoms with Gasteiger partial charge in [0.05, 0.1) is 20.9 Å². The molecule has 0 unspecified atom stereocenters. The van der Waals surface area contributed by atoms with Gasteiger partial charge in [-0.3, -0.25) is 9.89 Å². The molecule has 0 radical (unpaired) electrons. The Morgan fingerprint density at radius 2 is 2.03 bits per heavy atom. The van der Waals surface area contributed by atoms with Gasteiger partial charge < -0.3 is 14.7 Å². The Balaban J connectivity index is 0.00000256. The third-order valence-electron chi connectivity index (χ3n) is 5.03. The van der Waals surface area contributed by atoms with Crippen LogP contribution in [-0.2, 0) is 13.0 Å². The first-order valence-electron chi connectivity index (χ1n) is 10.3. The Bertz CT molecular complexity index is 888. The van der Waals surface area contributed by atoms with Crippen LogP contribution in [0.15, 0.2) is 46.1 Å². The second-order valence-electron chi connectivity index (χ2n) is 7.17. The van der Waals surface area contributed by atoms with Crippen LogP contribution >= 0.6 is 35.3 Å². The first-order valence-corrected chi connectivity index (χ1v) is 11.1. The van der Waals surface area contributed by atoms with Crippen LogP contribution in [0.5, 0.6) is 0 Å². The van der Waals surface area contributed by atoms with E-state index in [1.165, 1.54) is 9.71 Å². The maximum absolute atomic E-state index is 4.93. The van der Waals surface area contributed by atoms with Crippen molar-refractivity contribution in [2.45, 2.75) is 26.3 Å². The van der Waals surface area contributed by atoms with Crippen molar-refractivity contribution >= 4 is 51.5 Å². The van der Waals surface area contributed by atoms with Crippen LogP contribution in [0.1, 0.15) is 24.0 Å². The van der Waals surface area contributed by atoms with Crippen molar-refractivity contribution in [2.24, 2.45) is 4.99 Å². The highest BCUT2D eigenvalue weighted by Gasteiger charge is 2.20. The zero-order valence-corrected chi connectivity index (χ0v) is 20.4. The monoisotopic (exact) mass is 540 g/mol. The molecule has 162 valence electrons. The lowest BCUT2D eigenvalue weighted by molar-refractivity contribution is 0.169. The van der Waals surface area contributed by atoms with E-state index in [1.807, 2.05) is 12.1 Å². The summed E-state index contributed by atoms with van der Waals surface area (Å²) in [7, 11) is 0. The van der Waals surface area contributed by atoms with Crippen molar-refractivity contribution in [2.75, 3.05) is 39.3 Å². The summed E-state index contributed by atoms with van der Waals surface area (Å²) in [5.74, 6) is 1.03. The van der Waals surface area contributed by atoms with E-state index in [0.29, 0.717) is 0 Å². The minimum absolute atomic E-state index is 0. The maximum atomic E-state index is 4.93. The molecule has 0 amide bonds. The van der Waals surface area contributed by atoms with Gasteiger partial charge in [0.15, 0.2) is 5.96 Å². The molecular formula is C21H29IN6OS. The Morgan fingerprint density at radius 1 is 1.20 bits per heavy atom. The second-order valence-corrected chi connectivity index (χ2v) is 8.28. The van der Waals surface area contributed by atoms with Crippen molar-refractivity contribution in [1.82, 2.24) is 25.3 Å². The maximum Gasteiger partial charge on any atom is 0.194 e. The quantitative estimate of drug-likeness (QED) is 0.214. The molecule has 0 atom stereocenters. The van der Waals surface area contributed by atoms with Crippen LogP contribution in [0.25, 0.3) is 10.2 Å². The fraction of sp³-hybridized carbons (Fsp3) is 0.476. The molecule has 0 aliphatic carbocycles. The van der Waals surface area contributed by atoms with Gasteiger partial charge in [0, 0.05) is 58.3 Å². The van der Waals surface area contributed by atoms with Crippen molar-refractivity contribution in [3.63, 3.8) is 0 Å². The average Bonchev–Trinajstić information content (AvgIpc) is 3.40. The van der Waals surface area contributed by atoms with E-state index in [1.54, 1.807) is 17.6 Å². The van der Waals surface area contributed by atoms with Crippen LogP contribution in [0, 0.1) is 0 Å². The Kier molecular flexibility index (Phi) is 8.88. The molecule has 0 spiro atoms. The van der Waals surface area contributed by atoms with Gasteiger partial charge in [-0.25, -0.2) is 4.98 Å². The van der Waals surface area contributed by atoms with E-state index in [-0.39, 0.29) is 24.0 Å². The molecule has 1 saturated heterocycles. The Morgan fingerprint density at radius 3 is 2.77 bits per heavy atom. The van der Waals surface area contributed by atoms with Gasteiger partial charge in [0.25, 0.3) is 0 Å². The average molecular weight is 540 g/mol. The van der Waals surface area contributed by atoms with E-state index < -0.39 is 0 Å². The van der Waals surface area contributed by atoms with Gasteiger partial charge >= 0.3 is 0 Å². The summed E-state index contributed by atoms with van der Waals surface area (Å²) in [6.45, 7) is 8.62. The SMILES string of the molecule is CCNC(=NCCCc1nc2ccccc2s1)N1CCN(Cc2ccon2)CC1.I. The third-order valence-corrected chi connectivity index (χ3v) is 6.13. The molecule has 30 heavy (non-hydrogen) atoms. The summed E-state index contributed by atoms with van der Waals surface area (Å²) in [6, 6.07) is 10.3. The lowest BCUT2D eigenvalue weighted by Gasteiger charge is -2.36. The highest BCUT2D eigenvalue weighted by Crippen LogP contribution is 2.22. The molecule has 3 heterocycles. The van der Waals surface area contributed by atoms with Gasteiger partial charge in [-0.05, 0) is 25.5 Å². The number of halogens is 1. The van der Waals surface area contributed by atoms with Crippen molar-refractivity contribution in [1.29, 1.82) is 0 Å². The number of nitrogens with one attached hydrogen (secondary N) is 1. The first-order chi connectivity index (χ1) is 14.3. The topological polar surface area (TPSA) is 69.8 Å². The number of guanidine groups is 1. The largest absolute Gasteiger partial charge is 0.364 e. The van der Waals surface area contributed by atoms with Crippen LogP contribution in [0.4, 0.5) is 0 Å². The molecule has 0 bridgehead atoms. The summed E-state index contributed by atoms with van der Waals surface area (Å²) >= 11 is 1.79. The smallest absolute Gasteiger partial charge is 0.194 e. The fourth-order valence-corrected chi connectivity index (χ4v) is 4.54. The normalized spacial score (nSPS) is 15.4. The van der Waals surface area contributed by atoms with Gasteiger partial charge in [0.2, 0.25) is 0 Å². The first kappa shape index (κ1) is 23.0. The van der Waals surface area contributed by atoms with Crippen molar-refractivity contribution in [3.05, 3.63) is 47.3 Å². The van der Waals surface area contributed by atoms with Gasteiger partial charge in [-0.15, -0.1) is 35.3 Å². The van der Waals surface area contributed by atoms with Crippen LogP contribution in [0.3, 0.4) is 0 Å². The molecule has 2 aromatic heterocycles. The number of hydrogen-bond acceptors (Lipinski definition) is 6. The van der Waals surface area contributed by atoms with Crippen LogP contribution < -0.4 is 5.32 Å². The molecular weight excluding hydrogens is 511 g/mol. The number of aliphatic imine (C=N–C) groups is 1. The van der Waals surface area contributed by atoms with Gasteiger partial charge in [-0.1, -0.05) is 17.3 Å². The molecule has 3 aromatic rings. The van der Waals surface area contributed by atoms with Crippen LogP contribution in [-0.4, -0.2) is 65.2 Å². The molecule has 4 rings (SSSR count). The number of piperazine rings is 1. The summed E-state index contributed by atoms with van der Waals surface area (Å²) in [4.78, 5) is 14.4. The number of aromatic nitrogens is 2. The lowest BCUT2D eigenvalue weighted by Crippen LogP contribution is -2.52. The number of hydrogen-bond donors (Lipinski definition) is 1. The van der Waals surface area contributed by atoms with Crippen molar-refractivity contribution in [3.8, 4) is 0 Å². The molecule has 9 heteroatoms. The highest BCUT2D eigenvalue weighted by molar-refractivity contribution is 14.0. The molecule has 1 fully saturated rings. The Labute approximate surface area is 198 Å². The van der Waals surface area contributed by atoms with E-state index in [0.717, 1.165) is 75.8 Å². The predicted octanol–water partition coefficient (Wildman–Crippen LogP) is 3.62. The molecule has 7 nitrogen and oxygen atoms in total. The lowest BCUT2D eigenvalue weighted by atomic mass is 10.3. The number of rotatable bonds is 7. The molecule has 0 saturated carbocycles. The zero-order valence-electron chi connectivity index (χ0n) is 17.3. The number of aryl methyl sites for hydroxylation is 1. The molecule has 1 aromatic carbocycles. The number of fused-ring (bicyclic) bond motifs is 1. The minimum atomic E-state index is 0. The fourth-order valence-electron chi connectivity index (χ4n) is 3.53. The van der Waals surface area contributed by atoms with E-state index in [4.69, 9.17) is 14.5 Å². The standard InChI is InChI=1S/C21H28N6OS.HI/c1-2-22-21(27-13-11-26(12-14-27)16-17-9-15-28-25-17)23-10-5-8-20-24-18-6-3-4-7-19(18)29-20;/h3-4,6-7,9,15H,2,5,8,10-14,16H2,1H3,(H,22,23);1H. The van der Waals surface area contributed by atoms with Gasteiger partial charge in [-0.2, -0.15) is 0 Å². The molecule has 1 aliphatic rings. The number of benzene rings is 1. The van der Waals surface area contributed by atoms with Crippen LogP contribution in [0.2, 0.25) is 0 Å². The third kappa shape index (κ3) is 6.14. The van der Waals surface area contributed by atoms with Crippen molar-refractivity contribution < 1.29 is 4.52 Å². The van der Waals surface area contributed by atoms with E-state index in [9.17, 15) is 0 Å². The molecule has 1 aliphatic heterocycles. The zero-order chi connectivity index (χ0) is 19.9. The summed E-state index contributed by atoms with van der Waals surface area (Å²) in [5.41, 5.74) is 2.10. The minimum Gasteiger partial charge on any atom is -0.364 e. The summed E-state index contributed by atoms with van der Waals surface area (Å²) < 4.78 is 6.20. The summed E-state index contributed by atoms with van der Waals surface area (Å²) in [5, 5.41) is 8.66. The molecule has 1 N–H and O–H groups in total. The van der Waals surface area contributed by atoms with E-state index in [2.05, 4.69) is 45.4 Å². The second kappa shape index (κ2) is 11.6. The van der Waals surface area contributed by atoms with E-state index >= 15 is 0 Å². The van der Waals surface area contributed by atoms with Gasteiger partial charge in [0.1, 0.15) is 6.26 Å². The summed E-state index contributed by atoms with van der Waals surface area (Å²) in [6.07, 6.45) is 3.63. The Hall–Kier alpha value is -1.72. The number of thiazole rings is 1. The predicted molar refractivity (Wildman–Crippen MR) is 133 cm³/mol. The highest BCUT2D eigenvalue weighted by atomic mass is 127. The number of para-hydroxylation sites is 1.